The fourth-order valence-electron chi connectivity index (χ4n) is 8.64. The molecule has 0 amide bonds. The van der Waals surface area contributed by atoms with Crippen molar-refractivity contribution in [2.24, 2.45) is 0 Å². The minimum atomic E-state index is 0.478. The Morgan fingerprint density at radius 2 is 0.906 bits per heavy atom. The van der Waals surface area contributed by atoms with Crippen molar-refractivity contribution < 1.29 is 0 Å². The van der Waals surface area contributed by atoms with Crippen LogP contribution in [0.5, 0.6) is 0 Å². The van der Waals surface area contributed by atoms with Crippen LogP contribution >= 0.6 is 0 Å². The molecule has 294 valence electrons. The monoisotopic (exact) mass is 816 g/mol. The van der Waals surface area contributed by atoms with Crippen LogP contribution in [0.15, 0.2) is 170 Å². The molecule has 7 aromatic carbocycles. The lowest BCUT2D eigenvalue weighted by Crippen LogP contribution is -2.04. The number of hydrogen-bond donors (Lipinski definition) is 0. The summed E-state index contributed by atoms with van der Waals surface area (Å²) >= 11 is 0. The van der Waals surface area contributed by atoms with E-state index in [0.717, 1.165) is 82.8 Å². The van der Waals surface area contributed by atoms with E-state index < -0.39 is 0 Å². The van der Waals surface area contributed by atoms with Crippen molar-refractivity contribution in [1.82, 2.24) is 29.1 Å². The number of pyridine rings is 1. The van der Waals surface area contributed by atoms with E-state index >= 15 is 0 Å². The number of fused-ring (bicyclic) bond motifs is 6. The summed E-state index contributed by atoms with van der Waals surface area (Å²) in [6, 6.07) is 54.9. The van der Waals surface area contributed by atoms with E-state index in [2.05, 4.69) is 48.1 Å². The average molecular weight is 817 g/mol. The first-order valence-corrected chi connectivity index (χ1v) is 20.2. The van der Waals surface area contributed by atoms with Crippen LogP contribution in [-0.2, 0) is 0 Å². The molecule has 10 heteroatoms. The van der Waals surface area contributed by atoms with E-state index in [9.17, 15) is 10.5 Å². The molecule has 0 saturated heterocycles. The molecule has 0 aliphatic carbocycles. The normalized spacial score (nSPS) is 11.1. The molecular formula is C54H28N10. The quantitative estimate of drug-likeness (QED) is 0.154. The van der Waals surface area contributed by atoms with Gasteiger partial charge in [0, 0.05) is 44.8 Å². The standard InChI is InChI=1S/C54H28N10/c1-57-38-16-21-49-44(28-38)45-29-39(58-2)17-22-50(45)63(49)48-20-15-37(54-61-52(35-9-5-3-6-10-35)60-53(62-54)36-11-7-4-8-12-36)27-43(48)40-23-24-59-32-51(40)64-46-18-13-33(30-55)25-41(46)42-26-34(31-56)14-19-47(42)64/h3-29,32H. The van der Waals surface area contributed by atoms with Crippen LogP contribution in [-0.4, -0.2) is 29.1 Å². The van der Waals surface area contributed by atoms with Gasteiger partial charge in [-0.05, 0) is 95.7 Å². The van der Waals surface area contributed by atoms with Gasteiger partial charge in [0.25, 0.3) is 0 Å². The largest absolute Gasteiger partial charge is 0.309 e. The van der Waals surface area contributed by atoms with E-state index in [1.807, 2.05) is 140 Å². The van der Waals surface area contributed by atoms with E-state index in [0.29, 0.717) is 40.0 Å². The van der Waals surface area contributed by atoms with Gasteiger partial charge in [0.1, 0.15) is 0 Å². The van der Waals surface area contributed by atoms with Gasteiger partial charge in [0.05, 0.1) is 76.0 Å². The number of aromatic nitrogens is 6. The van der Waals surface area contributed by atoms with Gasteiger partial charge in [-0.3, -0.25) is 4.98 Å². The fourth-order valence-corrected chi connectivity index (χ4v) is 8.64. The van der Waals surface area contributed by atoms with Crippen molar-refractivity contribution >= 4 is 55.0 Å². The molecule has 0 atom stereocenters. The molecule has 4 aromatic heterocycles. The van der Waals surface area contributed by atoms with Gasteiger partial charge in [-0.25, -0.2) is 24.6 Å². The Morgan fingerprint density at radius 1 is 0.438 bits per heavy atom. The van der Waals surface area contributed by atoms with Crippen molar-refractivity contribution in [2.75, 3.05) is 0 Å². The summed E-state index contributed by atoms with van der Waals surface area (Å²) in [6.45, 7) is 15.7. The van der Waals surface area contributed by atoms with Gasteiger partial charge in [0.15, 0.2) is 28.8 Å². The SMILES string of the molecule is [C-]#[N+]c1ccc2c(c1)c1cc([N+]#[C-])ccc1n2-c1ccc(-c2nc(-c3ccccc3)nc(-c3ccccc3)n2)cc1-c1ccncc1-n1c2ccc(C#N)cc2c2cc(C#N)ccc21. The minimum Gasteiger partial charge on any atom is -0.309 e. The molecule has 11 aromatic rings. The number of hydrogen-bond acceptors (Lipinski definition) is 6. The highest BCUT2D eigenvalue weighted by molar-refractivity contribution is 6.13. The second kappa shape index (κ2) is 15.1. The van der Waals surface area contributed by atoms with Crippen LogP contribution in [0, 0.1) is 35.8 Å². The van der Waals surface area contributed by atoms with Crippen LogP contribution in [0.2, 0.25) is 0 Å². The third-order valence-corrected chi connectivity index (χ3v) is 11.5. The molecule has 0 fully saturated rings. The number of rotatable bonds is 6. The molecule has 0 spiro atoms. The van der Waals surface area contributed by atoms with Gasteiger partial charge < -0.3 is 9.13 Å². The Balaban J connectivity index is 1.24. The van der Waals surface area contributed by atoms with Gasteiger partial charge in [0.2, 0.25) is 0 Å². The lowest BCUT2D eigenvalue weighted by Gasteiger charge is -2.19. The van der Waals surface area contributed by atoms with Crippen LogP contribution in [0.1, 0.15) is 11.1 Å². The Hall–Kier alpha value is -9.74. The molecular weight excluding hydrogens is 789 g/mol. The highest BCUT2D eigenvalue weighted by Crippen LogP contribution is 2.43. The molecule has 0 unspecified atom stereocenters. The lowest BCUT2D eigenvalue weighted by atomic mass is 9.99. The summed E-state index contributed by atoms with van der Waals surface area (Å²) in [5, 5.41) is 23.2. The smallest absolute Gasteiger partial charge is 0.188 e. The Morgan fingerprint density at radius 3 is 1.41 bits per heavy atom. The third kappa shape index (κ3) is 6.08. The van der Waals surface area contributed by atoms with Gasteiger partial charge in [-0.2, -0.15) is 10.5 Å². The van der Waals surface area contributed by atoms with Crippen LogP contribution in [0.3, 0.4) is 0 Å². The van der Waals surface area contributed by atoms with Crippen molar-refractivity contribution in [3.8, 4) is 68.8 Å². The Kier molecular flexibility index (Phi) is 8.77. The first kappa shape index (κ1) is 37.3. The summed E-state index contributed by atoms with van der Waals surface area (Å²) in [7, 11) is 0. The maximum atomic E-state index is 9.94. The van der Waals surface area contributed by atoms with Gasteiger partial charge >= 0.3 is 0 Å². The van der Waals surface area contributed by atoms with Crippen LogP contribution in [0.25, 0.3) is 110 Å². The van der Waals surface area contributed by atoms with Crippen molar-refractivity contribution in [3.05, 3.63) is 204 Å². The van der Waals surface area contributed by atoms with E-state index in [4.69, 9.17) is 28.1 Å². The molecule has 0 N–H and O–H groups in total. The minimum absolute atomic E-state index is 0.478. The van der Waals surface area contributed by atoms with Crippen molar-refractivity contribution in [1.29, 1.82) is 10.5 Å². The number of nitriles is 2. The predicted octanol–water partition coefficient (Wildman–Crippen LogP) is 13.0. The molecule has 4 heterocycles. The summed E-state index contributed by atoms with van der Waals surface area (Å²) in [4.78, 5) is 27.3. The van der Waals surface area contributed by atoms with Gasteiger partial charge in [-0.15, -0.1) is 0 Å². The number of nitrogens with zero attached hydrogens (tertiary/aromatic N) is 10. The second-order valence-electron chi connectivity index (χ2n) is 15.1. The molecule has 0 bridgehead atoms. The molecule has 0 saturated carbocycles. The highest BCUT2D eigenvalue weighted by atomic mass is 15.0. The van der Waals surface area contributed by atoms with Gasteiger partial charge in [-0.1, -0.05) is 72.8 Å². The maximum Gasteiger partial charge on any atom is 0.188 e. The van der Waals surface area contributed by atoms with Crippen molar-refractivity contribution in [2.45, 2.75) is 0 Å². The molecule has 64 heavy (non-hydrogen) atoms. The topological polar surface area (TPSA) is 118 Å². The number of benzene rings is 7. The summed E-state index contributed by atoms with van der Waals surface area (Å²) in [5.74, 6) is 1.55. The average Bonchev–Trinajstić information content (AvgIpc) is 3.87. The Bertz CT molecular complexity index is 3690. The summed E-state index contributed by atoms with van der Waals surface area (Å²) in [5.41, 5.74) is 11.1. The maximum absolute atomic E-state index is 9.94. The molecule has 0 aliphatic heterocycles. The Labute approximate surface area is 366 Å². The van der Waals surface area contributed by atoms with E-state index in [1.165, 1.54) is 0 Å². The summed E-state index contributed by atoms with van der Waals surface area (Å²) in [6.07, 6.45) is 3.60. The second-order valence-corrected chi connectivity index (χ2v) is 15.1. The van der Waals surface area contributed by atoms with Crippen LogP contribution < -0.4 is 0 Å². The summed E-state index contributed by atoms with van der Waals surface area (Å²) < 4.78 is 4.31. The molecule has 11 rings (SSSR count). The van der Waals surface area contributed by atoms with E-state index in [-0.39, 0.29) is 0 Å². The first-order chi connectivity index (χ1) is 31.5. The zero-order chi connectivity index (χ0) is 43.3. The third-order valence-electron chi connectivity index (χ3n) is 11.5. The lowest BCUT2D eigenvalue weighted by molar-refractivity contribution is 1.07. The highest BCUT2D eigenvalue weighted by Gasteiger charge is 2.23. The molecule has 0 radical (unpaired) electrons. The zero-order valence-electron chi connectivity index (χ0n) is 33.6. The predicted molar refractivity (Wildman–Crippen MR) is 250 cm³/mol. The first-order valence-electron chi connectivity index (χ1n) is 20.2. The zero-order valence-corrected chi connectivity index (χ0v) is 33.6. The molecule has 0 aliphatic rings. The molecule has 10 nitrogen and oxygen atoms in total. The van der Waals surface area contributed by atoms with E-state index in [1.54, 1.807) is 18.3 Å². The van der Waals surface area contributed by atoms with Crippen LogP contribution in [0.4, 0.5) is 11.4 Å². The van der Waals surface area contributed by atoms with Crippen molar-refractivity contribution in [3.63, 3.8) is 0 Å². The fraction of sp³-hybridized carbons (Fsp3) is 0.